The van der Waals surface area contributed by atoms with Crippen molar-refractivity contribution in [1.29, 1.82) is 0 Å². The van der Waals surface area contributed by atoms with E-state index in [-0.39, 0.29) is 0 Å². The summed E-state index contributed by atoms with van der Waals surface area (Å²) >= 11 is 0. The van der Waals surface area contributed by atoms with E-state index in [0.29, 0.717) is 22.3 Å². The van der Waals surface area contributed by atoms with Crippen molar-refractivity contribution >= 4 is 17.3 Å². The predicted octanol–water partition coefficient (Wildman–Crippen LogP) is 5.76. The number of imidazole rings is 1. The van der Waals surface area contributed by atoms with E-state index in [4.69, 9.17) is 15.6 Å². The lowest BCUT2D eigenvalue weighted by Gasteiger charge is -2.56. The molecule has 0 radical (unpaired) electrons. The zero-order valence-electron chi connectivity index (χ0n) is 21.5. The van der Waals surface area contributed by atoms with Crippen molar-refractivity contribution in [1.82, 2.24) is 19.2 Å². The van der Waals surface area contributed by atoms with Crippen LogP contribution in [0.1, 0.15) is 54.6 Å². The number of nitrogen functional groups attached to an aromatic ring is 1. The fourth-order valence-electron chi connectivity index (χ4n) is 8.12. The van der Waals surface area contributed by atoms with E-state index >= 15 is 0 Å². The van der Waals surface area contributed by atoms with Crippen LogP contribution in [0, 0.1) is 30.1 Å². The number of esters is 1. The fourth-order valence-corrected chi connectivity index (χ4v) is 8.12. The molecule has 7 heteroatoms. The number of hydrogen-bond acceptors (Lipinski definition) is 5. The molecule has 0 atom stereocenters. The number of nitrogens with two attached hydrogens (primary N) is 1. The first kappa shape index (κ1) is 22.6. The molecule has 4 fully saturated rings. The third-order valence-corrected chi connectivity index (χ3v) is 9.32. The lowest BCUT2D eigenvalue weighted by Crippen LogP contribution is -2.48. The van der Waals surface area contributed by atoms with Gasteiger partial charge in [-0.05, 0) is 86.8 Å². The molecule has 4 aliphatic carbocycles. The summed E-state index contributed by atoms with van der Waals surface area (Å²) in [6.45, 7) is 3.10. The maximum atomic E-state index is 13.1. The standard InChI is InChI=1S/C30H33N5O2/c1-18-25(15-33-35(18)17-30-12-19-9-20(13-30)11-21(10-19)14-30)24-7-8-34-26(22-3-5-23(31)6-4-22)16-32-28(34)27(24)29(36)37-2/h3-8,15-16,19-21H,9-14,17,31H2,1-2H3. The monoisotopic (exact) mass is 495 g/mol. The van der Waals surface area contributed by atoms with Crippen molar-refractivity contribution in [2.24, 2.45) is 23.2 Å². The van der Waals surface area contributed by atoms with Gasteiger partial charge in [-0.2, -0.15) is 5.10 Å². The molecule has 4 bridgehead atoms. The molecule has 190 valence electrons. The molecule has 1 aromatic carbocycles. The van der Waals surface area contributed by atoms with Crippen molar-refractivity contribution in [2.45, 2.75) is 52.0 Å². The van der Waals surface area contributed by atoms with Gasteiger partial charge in [-0.25, -0.2) is 9.78 Å². The number of nitrogens with zero attached hydrogens (tertiary/aromatic N) is 4. The molecule has 7 nitrogen and oxygen atoms in total. The topological polar surface area (TPSA) is 87.4 Å². The van der Waals surface area contributed by atoms with Crippen molar-refractivity contribution in [2.75, 3.05) is 12.8 Å². The van der Waals surface area contributed by atoms with Crippen LogP contribution >= 0.6 is 0 Å². The highest BCUT2D eigenvalue weighted by molar-refractivity contribution is 6.03. The molecule has 37 heavy (non-hydrogen) atoms. The van der Waals surface area contributed by atoms with Crippen LogP contribution in [-0.2, 0) is 11.3 Å². The SMILES string of the molecule is COC(=O)c1c(-c2cnn(CC34CC5CC(CC(C5)C3)C4)c2C)ccn2c(-c3ccc(N)cc3)cnc12. The van der Waals surface area contributed by atoms with Gasteiger partial charge in [0.2, 0.25) is 0 Å². The molecule has 0 spiro atoms. The van der Waals surface area contributed by atoms with Gasteiger partial charge < -0.3 is 10.5 Å². The Morgan fingerprint density at radius 1 is 1.03 bits per heavy atom. The van der Waals surface area contributed by atoms with Gasteiger partial charge in [-0.1, -0.05) is 12.1 Å². The summed E-state index contributed by atoms with van der Waals surface area (Å²) in [4.78, 5) is 17.8. The van der Waals surface area contributed by atoms with Gasteiger partial charge in [0, 0.05) is 40.8 Å². The third-order valence-electron chi connectivity index (χ3n) is 9.32. The van der Waals surface area contributed by atoms with E-state index in [9.17, 15) is 4.79 Å². The van der Waals surface area contributed by atoms with Gasteiger partial charge in [-0.15, -0.1) is 0 Å². The Morgan fingerprint density at radius 2 is 1.70 bits per heavy atom. The molecule has 3 heterocycles. The number of ether oxygens (including phenoxy) is 1. The van der Waals surface area contributed by atoms with Crippen LogP contribution in [-0.4, -0.2) is 32.2 Å². The van der Waals surface area contributed by atoms with E-state index in [1.165, 1.54) is 45.6 Å². The van der Waals surface area contributed by atoms with Crippen molar-refractivity contribution in [3.8, 4) is 22.4 Å². The maximum absolute atomic E-state index is 13.1. The van der Waals surface area contributed by atoms with Crippen molar-refractivity contribution in [3.63, 3.8) is 0 Å². The number of anilines is 1. The molecule has 2 N–H and O–H groups in total. The molecule has 3 aromatic heterocycles. The van der Waals surface area contributed by atoms with Crippen LogP contribution in [0.25, 0.3) is 28.0 Å². The van der Waals surface area contributed by atoms with Crippen LogP contribution in [0.3, 0.4) is 0 Å². The minimum atomic E-state index is -0.400. The van der Waals surface area contributed by atoms with Crippen LogP contribution in [0.15, 0.2) is 48.9 Å². The molecular formula is C30H33N5O2. The Kier molecular flexibility index (Phi) is 5.00. The molecule has 4 aliphatic rings. The summed E-state index contributed by atoms with van der Waals surface area (Å²) in [6, 6.07) is 9.64. The summed E-state index contributed by atoms with van der Waals surface area (Å²) in [5, 5.41) is 4.86. The number of rotatable bonds is 5. The van der Waals surface area contributed by atoms with E-state index in [1.807, 2.05) is 47.1 Å². The minimum Gasteiger partial charge on any atom is -0.465 e. The highest BCUT2D eigenvalue weighted by Crippen LogP contribution is 2.60. The molecule has 0 unspecified atom stereocenters. The van der Waals surface area contributed by atoms with Crippen molar-refractivity contribution < 1.29 is 9.53 Å². The number of pyridine rings is 1. The van der Waals surface area contributed by atoms with Crippen molar-refractivity contribution in [3.05, 3.63) is 60.2 Å². The number of carbonyl (C=O) groups excluding carboxylic acids is 1. The molecule has 0 saturated heterocycles. The Hall–Kier alpha value is -3.61. The second kappa shape index (κ2) is 8.20. The minimum absolute atomic E-state index is 0.384. The first-order valence-corrected chi connectivity index (χ1v) is 13.4. The Labute approximate surface area is 216 Å². The Bertz CT molecular complexity index is 1480. The van der Waals surface area contributed by atoms with Crippen LogP contribution < -0.4 is 5.73 Å². The van der Waals surface area contributed by atoms with Gasteiger partial charge in [0.1, 0.15) is 5.56 Å². The zero-order chi connectivity index (χ0) is 25.3. The molecule has 0 aliphatic heterocycles. The Balaban J connectivity index is 1.28. The number of benzene rings is 1. The van der Waals surface area contributed by atoms with E-state index < -0.39 is 5.97 Å². The summed E-state index contributed by atoms with van der Waals surface area (Å²) in [5.74, 6) is 2.32. The summed E-state index contributed by atoms with van der Waals surface area (Å²) < 4.78 is 9.37. The zero-order valence-corrected chi connectivity index (χ0v) is 21.5. The molecule has 4 saturated carbocycles. The average Bonchev–Trinajstić information content (AvgIpc) is 3.46. The smallest absolute Gasteiger partial charge is 0.342 e. The predicted molar refractivity (Wildman–Crippen MR) is 143 cm³/mol. The van der Waals surface area contributed by atoms with Gasteiger partial charge in [0.25, 0.3) is 0 Å². The molecule has 0 amide bonds. The van der Waals surface area contributed by atoms with E-state index in [0.717, 1.165) is 52.4 Å². The summed E-state index contributed by atoms with van der Waals surface area (Å²) in [7, 11) is 1.42. The molecular weight excluding hydrogens is 462 g/mol. The van der Waals surface area contributed by atoms with Crippen LogP contribution in [0.5, 0.6) is 0 Å². The van der Waals surface area contributed by atoms with E-state index in [1.54, 1.807) is 6.20 Å². The van der Waals surface area contributed by atoms with Crippen LogP contribution in [0.4, 0.5) is 5.69 Å². The Morgan fingerprint density at radius 3 is 2.35 bits per heavy atom. The highest BCUT2D eigenvalue weighted by Gasteiger charge is 2.51. The number of aromatic nitrogens is 4. The molecule has 8 rings (SSSR count). The number of hydrogen-bond donors (Lipinski definition) is 1. The first-order valence-electron chi connectivity index (χ1n) is 13.4. The lowest BCUT2D eigenvalue weighted by molar-refractivity contribution is -0.0638. The number of fused-ring (bicyclic) bond motifs is 1. The van der Waals surface area contributed by atoms with Crippen LogP contribution in [0.2, 0.25) is 0 Å². The highest BCUT2D eigenvalue weighted by atomic mass is 16.5. The number of methoxy groups -OCH3 is 1. The lowest BCUT2D eigenvalue weighted by atomic mass is 9.49. The maximum Gasteiger partial charge on any atom is 0.342 e. The van der Waals surface area contributed by atoms with Gasteiger partial charge in [0.05, 0.1) is 25.2 Å². The summed E-state index contributed by atoms with van der Waals surface area (Å²) in [6.07, 6.45) is 14.0. The number of carbonyl (C=O) groups is 1. The quantitative estimate of drug-likeness (QED) is 0.281. The third kappa shape index (κ3) is 3.58. The average molecular weight is 496 g/mol. The van der Waals surface area contributed by atoms with Gasteiger partial charge in [0.15, 0.2) is 5.65 Å². The second-order valence-electron chi connectivity index (χ2n) is 11.8. The van der Waals surface area contributed by atoms with E-state index in [2.05, 4.69) is 16.6 Å². The van der Waals surface area contributed by atoms with Gasteiger partial charge in [-0.3, -0.25) is 9.08 Å². The largest absolute Gasteiger partial charge is 0.465 e. The molecule has 4 aromatic rings. The first-order chi connectivity index (χ1) is 17.9. The second-order valence-corrected chi connectivity index (χ2v) is 11.8. The van der Waals surface area contributed by atoms with Gasteiger partial charge >= 0.3 is 5.97 Å². The normalized spacial score (nSPS) is 26.2. The summed E-state index contributed by atoms with van der Waals surface area (Å²) in [5.41, 5.74) is 12.7. The fraction of sp³-hybridized carbons (Fsp3) is 0.433.